The molecule has 0 saturated carbocycles. The number of hydrogen-bond donors (Lipinski definition) is 3. The number of carbonyl (C=O) groups is 1. The highest BCUT2D eigenvalue weighted by atomic mass is 19.1. The molecule has 2 aliphatic rings. The van der Waals surface area contributed by atoms with E-state index in [9.17, 15) is 14.3 Å². The summed E-state index contributed by atoms with van der Waals surface area (Å²) in [6.45, 7) is 4.31. The lowest BCUT2D eigenvalue weighted by Gasteiger charge is -2.31. The van der Waals surface area contributed by atoms with Gasteiger partial charge in [-0.15, -0.1) is 0 Å². The number of halogens is 1. The number of aryl methyl sites for hydroxylation is 1. The maximum absolute atomic E-state index is 12.2. The molecule has 1 saturated heterocycles. The number of aliphatic hydroxyl groups is 1. The number of amides is 1. The Kier molecular flexibility index (Phi) is 6.42. The number of nitrogens with two attached hydrogens (primary N) is 1. The van der Waals surface area contributed by atoms with Gasteiger partial charge in [-0.3, -0.25) is 4.79 Å². The molecule has 144 valence electrons. The molecule has 2 aromatic carbocycles. The average molecular weight is 371 g/mol. The molecule has 0 aromatic heterocycles. The Balaban J connectivity index is 0.000000180. The molecule has 1 heterocycles. The topological polar surface area (TPSA) is 78.6 Å². The van der Waals surface area contributed by atoms with E-state index in [1.54, 1.807) is 0 Å². The van der Waals surface area contributed by atoms with Gasteiger partial charge in [-0.25, -0.2) is 4.39 Å². The van der Waals surface area contributed by atoms with Crippen molar-refractivity contribution in [2.45, 2.75) is 25.4 Å². The number of primary amides is 1. The van der Waals surface area contributed by atoms with Gasteiger partial charge >= 0.3 is 0 Å². The van der Waals surface area contributed by atoms with Crippen molar-refractivity contribution in [3.63, 3.8) is 0 Å². The second kappa shape index (κ2) is 8.97. The number of rotatable bonds is 2. The van der Waals surface area contributed by atoms with Gasteiger partial charge in [0.15, 0.2) is 0 Å². The molecule has 1 amide bonds. The van der Waals surface area contributed by atoms with Crippen LogP contribution in [0.3, 0.4) is 0 Å². The highest BCUT2D eigenvalue weighted by Gasteiger charge is 2.18. The van der Waals surface area contributed by atoms with Crippen LogP contribution in [0.5, 0.6) is 0 Å². The summed E-state index contributed by atoms with van der Waals surface area (Å²) in [7, 11) is 0. The Morgan fingerprint density at radius 3 is 2.48 bits per heavy atom. The van der Waals surface area contributed by atoms with E-state index in [0.29, 0.717) is 5.56 Å². The molecule has 4 rings (SSSR count). The van der Waals surface area contributed by atoms with Crippen LogP contribution in [0.15, 0.2) is 42.5 Å². The van der Waals surface area contributed by atoms with Gasteiger partial charge < -0.3 is 21.1 Å². The van der Waals surface area contributed by atoms with E-state index >= 15 is 0 Å². The minimum absolute atomic E-state index is 0.138. The molecule has 2 aromatic rings. The van der Waals surface area contributed by atoms with Crippen LogP contribution in [-0.4, -0.2) is 43.3 Å². The monoisotopic (exact) mass is 371 g/mol. The summed E-state index contributed by atoms with van der Waals surface area (Å²) >= 11 is 0. The van der Waals surface area contributed by atoms with Gasteiger partial charge in [-0.1, -0.05) is 6.07 Å². The summed E-state index contributed by atoms with van der Waals surface area (Å²) in [5.41, 5.74) is 9.31. The molecule has 1 aliphatic heterocycles. The second-order valence-electron chi connectivity index (χ2n) is 6.96. The lowest BCUT2D eigenvalue weighted by Crippen LogP contribution is -2.43. The predicted octanol–water partition coefficient (Wildman–Crippen LogP) is 1.87. The van der Waals surface area contributed by atoms with Crippen molar-refractivity contribution >= 4 is 11.6 Å². The first-order chi connectivity index (χ1) is 13.0. The smallest absolute Gasteiger partial charge is 0.248 e. The normalized spacial score (nSPS) is 18.9. The fourth-order valence-electron chi connectivity index (χ4n) is 3.46. The number of nitrogens with one attached hydrogen (secondary N) is 1. The molecule has 1 fully saturated rings. The zero-order chi connectivity index (χ0) is 19.2. The van der Waals surface area contributed by atoms with E-state index in [2.05, 4.69) is 28.4 Å². The largest absolute Gasteiger partial charge is 0.393 e. The van der Waals surface area contributed by atoms with Crippen LogP contribution in [0.4, 0.5) is 10.1 Å². The number of aliphatic hydroxyl groups excluding tert-OH is 1. The van der Waals surface area contributed by atoms with Crippen LogP contribution >= 0.6 is 0 Å². The summed E-state index contributed by atoms with van der Waals surface area (Å²) in [5.74, 6) is -0.912. The number of fused-ring (bicyclic) bond motifs is 1. The zero-order valence-corrected chi connectivity index (χ0v) is 15.3. The van der Waals surface area contributed by atoms with Crippen molar-refractivity contribution in [3.05, 3.63) is 65.0 Å². The minimum Gasteiger partial charge on any atom is -0.393 e. The molecule has 1 unspecified atom stereocenters. The highest BCUT2D eigenvalue weighted by Crippen LogP contribution is 2.26. The van der Waals surface area contributed by atoms with Gasteiger partial charge in [0.2, 0.25) is 5.91 Å². The van der Waals surface area contributed by atoms with E-state index in [4.69, 9.17) is 5.73 Å². The van der Waals surface area contributed by atoms with Gasteiger partial charge in [0, 0.05) is 37.4 Å². The summed E-state index contributed by atoms with van der Waals surface area (Å²) in [6.07, 6.45) is 2.63. The van der Waals surface area contributed by atoms with Gasteiger partial charge in [0.1, 0.15) is 5.82 Å². The Morgan fingerprint density at radius 1 is 1.11 bits per heavy atom. The first-order valence-electron chi connectivity index (χ1n) is 9.34. The van der Waals surface area contributed by atoms with E-state index in [0.717, 1.165) is 45.4 Å². The first-order valence-corrected chi connectivity index (χ1v) is 9.34. The van der Waals surface area contributed by atoms with Gasteiger partial charge in [-0.2, -0.15) is 0 Å². The molecular formula is C21H26FN3O2. The van der Waals surface area contributed by atoms with Crippen LogP contribution in [0.25, 0.3) is 0 Å². The molecule has 5 nitrogen and oxygen atoms in total. The molecule has 1 atom stereocenters. The first kappa shape index (κ1) is 19.3. The fourth-order valence-corrected chi connectivity index (χ4v) is 3.46. The Labute approximate surface area is 159 Å². The minimum atomic E-state index is -0.542. The number of piperazine rings is 1. The summed E-state index contributed by atoms with van der Waals surface area (Å²) < 4.78 is 12.2. The summed E-state index contributed by atoms with van der Waals surface area (Å²) in [5, 5.41) is 13.1. The van der Waals surface area contributed by atoms with Crippen molar-refractivity contribution in [2.75, 3.05) is 31.1 Å². The van der Waals surface area contributed by atoms with E-state index in [1.807, 2.05) is 0 Å². The third kappa shape index (κ3) is 5.28. The van der Waals surface area contributed by atoms with Crippen LogP contribution in [0.2, 0.25) is 0 Å². The molecular weight excluding hydrogens is 345 g/mol. The maximum Gasteiger partial charge on any atom is 0.248 e. The Hall–Kier alpha value is -2.44. The standard InChI is InChI=1S/C14H20N2O.C7H6FNO/c17-14-4-2-11-1-3-13(9-12(11)10-14)16-7-5-15-6-8-16;8-6-3-1-5(2-4-6)7(9)10/h1,3,9,14-15,17H,2,4-8,10H2;1-4H,(H2,9,10). The van der Waals surface area contributed by atoms with Crippen molar-refractivity contribution in [2.24, 2.45) is 5.73 Å². The van der Waals surface area contributed by atoms with Crippen LogP contribution in [0.1, 0.15) is 27.9 Å². The zero-order valence-electron chi connectivity index (χ0n) is 15.3. The van der Waals surface area contributed by atoms with Gasteiger partial charge in [0.25, 0.3) is 0 Å². The van der Waals surface area contributed by atoms with Crippen LogP contribution in [0, 0.1) is 5.82 Å². The van der Waals surface area contributed by atoms with Crippen molar-refractivity contribution < 1.29 is 14.3 Å². The maximum atomic E-state index is 12.2. The fraction of sp³-hybridized carbons (Fsp3) is 0.381. The molecule has 0 radical (unpaired) electrons. The average Bonchev–Trinajstić information content (AvgIpc) is 2.69. The van der Waals surface area contributed by atoms with Gasteiger partial charge in [0.05, 0.1) is 6.10 Å². The number of hydrogen-bond acceptors (Lipinski definition) is 4. The number of benzene rings is 2. The highest BCUT2D eigenvalue weighted by molar-refractivity contribution is 5.92. The third-order valence-corrected chi connectivity index (χ3v) is 5.00. The number of carbonyl (C=O) groups excluding carboxylic acids is 1. The second-order valence-corrected chi connectivity index (χ2v) is 6.96. The van der Waals surface area contributed by atoms with E-state index < -0.39 is 5.91 Å². The molecule has 6 heteroatoms. The van der Waals surface area contributed by atoms with Gasteiger partial charge in [-0.05, 0) is 66.8 Å². The number of anilines is 1. The quantitative estimate of drug-likeness (QED) is 0.753. The third-order valence-electron chi connectivity index (χ3n) is 5.00. The lowest BCUT2D eigenvalue weighted by atomic mass is 9.89. The molecule has 27 heavy (non-hydrogen) atoms. The van der Waals surface area contributed by atoms with Crippen LogP contribution in [-0.2, 0) is 12.8 Å². The van der Waals surface area contributed by atoms with Crippen molar-refractivity contribution in [1.29, 1.82) is 0 Å². The van der Waals surface area contributed by atoms with E-state index in [-0.39, 0.29) is 11.9 Å². The molecule has 4 N–H and O–H groups in total. The van der Waals surface area contributed by atoms with E-state index in [1.165, 1.54) is 41.1 Å². The molecule has 0 spiro atoms. The van der Waals surface area contributed by atoms with Crippen molar-refractivity contribution in [3.8, 4) is 0 Å². The Morgan fingerprint density at radius 2 is 1.81 bits per heavy atom. The SMILES string of the molecule is NC(=O)c1ccc(F)cc1.OC1CCc2ccc(N3CCNCC3)cc2C1. The predicted molar refractivity (Wildman–Crippen MR) is 104 cm³/mol. The Bertz CT molecular complexity index is 773. The molecule has 0 bridgehead atoms. The van der Waals surface area contributed by atoms with Crippen molar-refractivity contribution in [1.82, 2.24) is 5.32 Å². The summed E-state index contributed by atoms with van der Waals surface area (Å²) in [6, 6.07) is 11.8. The summed E-state index contributed by atoms with van der Waals surface area (Å²) in [4.78, 5) is 12.8. The number of nitrogens with zero attached hydrogens (tertiary/aromatic N) is 1. The lowest BCUT2D eigenvalue weighted by molar-refractivity contribution is 0.1000. The van der Waals surface area contributed by atoms with Crippen LogP contribution < -0.4 is 16.0 Å². The molecule has 1 aliphatic carbocycles.